The van der Waals surface area contributed by atoms with Crippen molar-refractivity contribution in [3.8, 4) is 0 Å². The van der Waals surface area contributed by atoms with Crippen molar-refractivity contribution in [3.05, 3.63) is 36.0 Å². The molecule has 0 unspecified atom stereocenters. The monoisotopic (exact) mass is 452 g/mol. The summed E-state index contributed by atoms with van der Waals surface area (Å²) in [6.07, 6.45) is 14.9. The van der Waals surface area contributed by atoms with Crippen molar-refractivity contribution in [1.82, 2.24) is 14.6 Å². The number of aryl methyl sites for hydroxylation is 1. The molecule has 2 aliphatic heterocycles. The molecule has 5 nitrogen and oxygen atoms in total. The van der Waals surface area contributed by atoms with Crippen molar-refractivity contribution in [1.29, 1.82) is 0 Å². The van der Waals surface area contributed by atoms with Crippen molar-refractivity contribution >= 4 is 34.6 Å². The topological polar surface area (TPSA) is 60.5 Å². The Balaban J connectivity index is 1.02. The van der Waals surface area contributed by atoms with Gasteiger partial charge in [0.2, 0.25) is 0 Å². The van der Waals surface area contributed by atoms with Gasteiger partial charge in [-0.2, -0.15) is 0 Å². The van der Waals surface area contributed by atoms with Gasteiger partial charge in [-0.15, -0.1) is 0 Å². The number of H-pyrrole nitrogens is 1. The van der Waals surface area contributed by atoms with Crippen LogP contribution in [0.1, 0.15) is 69.8 Å². The first-order valence-electron chi connectivity index (χ1n) is 12.6. The number of carbonyl (C=O) groups is 1. The van der Waals surface area contributed by atoms with E-state index in [1.54, 1.807) is 0 Å². The fraction of sp³-hybridized carbons (Fsp3) is 0.615. The Morgan fingerprint density at radius 1 is 1.06 bits per heavy atom. The predicted octanol–water partition coefficient (Wildman–Crippen LogP) is 5.47. The maximum absolute atomic E-state index is 12.8. The van der Waals surface area contributed by atoms with E-state index in [2.05, 4.69) is 38.9 Å². The third kappa shape index (κ3) is 4.76. The molecular formula is C26H36N4OS. The number of unbranched alkanes of at least 4 members (excludes halogenated alkanes) is 2. The van der Waals surface area contributed by atoms with Gasteiger partial charge >= 0.3 is 0 Å². The number of piperidine rings is 1. The molecule has 2 aromatic rings. The van der Waals surface area contributed by atoms with Gasteiger partial charge in [0.1, 0.15) is 11.4 Å². The quantitative estimate of drug-likeness (QED) is 0.412. The molecule has 3 heterocycles. The van der Waals surface area contributed by atoms with Gasteiger partial charge in [0.25, 0.3) is 5.91 Å². The number of rotatable bonds is 8. The SMILES string of the molecule is O=C1NC(C2CCCCC2)=NC12CCN(SCCCCCc1cccc3[nH]ccc13)CC2. The number of fused-ring (bicyclic) bond motifs is 1. The number of hydrogen-bond acceptors (Lipinski definition) is 4. The average molecular weight is 453 g/mol. The third-order valence-corrected chi connectivity index (χ3v) is 8.79. The Hall–Kier alpha value is -1.79. The minimum atomic E-state index is -0.469. The summed E-state index contributed by atoms with van der Waals surface area (Å²) in [5.74, 6) is 2.83. The van der Waals surface area contributed by atoms with E-state index in [-0.39, 0.29) is 5.91 Å². The highest BCUT2D eigenvalue weighted by Crippen LogP contribution is 2.35. The smallest absolute Gasteiger partial charge is 0.253 e. The first-order chi connectivity index (χ1) is 15.7. The summed E-state index contributed by atoms with van der Waals surface area (Å²) in [6.45, 7) is 1.93. The lowest BCUT2D eigenvalue weighted by Crippen LogP contribution is -2.47. The van der Waals surface area contributed by atoms with Crippen LogP contribution >= 0.6 is 11.9 Å². The van der Waals surface area contributed by atoms with Gasteiger partial charge < -0.3 is 10.3 Å². The highest BCUT2D eigenvalue weighted by Gasteiger charge is 2.46. The number of amides is 1. The number of amidine groups is 1. The summed E-state index contributed by atoms with van der Waals surface area (Å²) < 4.78 is 2.47. The van der Waals surface area contributed by atoms with Gasteiger partial charge in [0.15, 0.2) is 0 Å². The van der Waals surface area contributed by atoms with Crippen LogP contribution in [-0.2, 0) is 11.2 Å². The lowest BCUT2D eigenvalue weighted by molar-refractivity contribution is -0.124. The maximum atomic E-state index is 12.8. The van der Waals surface area contributed by atoms with Crippen molar-refractivity contribution in [2.24, 2.45) is 10.9 Å². The van der Waals surface area contributed by atoms with Crippen LogP contribution in [0.5, 0.6) is 0 Å². The van der Waals surface area contributed by atoms with Gasteiger partial charge in [0.05, 0.1) is 0 Å². The van der Waals surface area contributed by atoms with E-state index in [1.165, 1.54) is 73.6 Å². The van der Waals surface area contributed by atoms with Crippen molar-refractivity contribution in [2.45, 2.75) is 76.2 Å². The van der Waals surface area contributed by atoms with Gasteiger partial charge in [-0.1, -0.05) is 49.8 Å². The molecule has 0 bridgehead atoms. The van der Waals surface area contributed by atoms with E-state index in [9.17, 15) is 4.79 Å². The Labute approximate surface area is 195 Å². The largest absolute Gasteiger partial charge is 0.361 e. The number of benzene rings is 1. The van der Waals surface area contributed by atoms with Crippen LogP contribution in [0.25, 0.3) is 10.9 Å². The summed E-state index contributed by atoms with van der Waals surface area (Å²) in [7, 11) is 0. The van der Waals surface area contributed by atoms with Gasteiger partial charge in [0, 0.05) is 41.9 Å². The number of nitrogens with one attached hydrogen (secondary N) is 2. The van der Waals surface area contributed by atoms with E-state index in [1.807, 2.05) is 18.1 Å². The molecule has 32 heavy (non-hydrogen) atoms. The lowest BCUT2D eigenvalue weighted by atomic mass is 9.88. The molecule has 3 aliphatic rings. The first kappa shape index (κ1) is 22.0. The zero-order chi connectivity index (χ0) is 21.8. The number of aliphatic imine (C=N–C) groups is 1. The molecule has 2 fully saturated rings. The number of hydrogen-bond donors (Lipinski definition) is 2. The van der Waals surface area contributed by atoms with Crippen LogP contribution in [0.2, 0.25) is 0 Å². The number of aromatic nitrogens is 1. The molecule has 5 rings (SSSR count). The molecular weight excluding hydrogens is 416 g/mol. The predicted molar refractivity (Wildman–Crippen MR) is 134 cm³/mol. The summed E-state index contributed by atoms with van der Waals surface area (Å²) in [4.78, 5) is 21.1. The lowest BCUT2D eigenvalue weighted by Gasteiger charge is -2.34. The van der Waals surface area contributed by atoms with E-state index >= 15 is 0 Å². The van der Waals surface area contributed by atoms with E-state index in [0.717, 1.165) is 38.2 Å². The van der Waals surface area contributed by atoms with E-state index < -0.39 is 5.54 Å². The summed E-state index contributed by atoms with van der Waals surface area (Å²) >= 11 is 1.97. The standard InChI is InChI=1S/C26H36N4OS/c31-25-26(29-24(28-25)21-9-3-1-4-10-21)14-17-30(18-15-26)32-19-6-2-5-8-20-11-7-12-23-22(20)13-16-27-23/h7,11-13,16,21,27H,1-6,8-10,14-15,17-19H2,(H,28,29,31). The average Bonchev–Trinajstić information content (AvgIpc) is 3.43. The normalized spacial score (nSPS) is 21.9. The van der Waals surface area contributed by atoms with Crippen LogP contribution in [0, 0.1) is 5.92 Å². The minimum Gasteiger partial charge on any atom is -0.361 e. The Kier molecular flexibility index (Phi) is 6.88. The van der Waals surface area contributed by atoms with Gasteiger partial charge in [-0.3, -0.25) is 14.1 Å². The van der Waals surface area contributed by atoms with Crippen molar-refractivity contribution < 1.29 is 4.79 Å². The van der Waals surface area contributed by atoms with Crippen molar-refractivity contribution in [3.63, 3.8) is 0 Å². The van der Waals surface area contributed by atoms with Crippen LogP contribution in [0.4, 0.5) is 0 Å². The second-order valence-corrected chi connectivity index (χ2v) is 10.9. The highest BCUT2D eigenvalue weighted by atomic mass is 32.2. The molecule has 1 aromatic carbocycles. The fourth-order valence-electron chi connectivity index (χ4n) is 5.59. The van der Waals surface area contributed by atoms with Gasteiger partial charge in [-0.05, 0) is 62.6 Å². The van der Waals surface area contributed by atoms with Crippen molar-refractivity contribution in [2.75, 3.05) is 18.8 Å². The molecule has 1 amide bonds. The Morgan fingerprint density at radius 3 is 2.75 bits per heavy atom. The van der Waals surface area contributed by atoms with E-state index in [4.69, 9.17) is 4.99 Å². The molecule has 1 spiro atoms. The summed E-state index contributed by atoms with van der Waals surface area (Å²) in [5, 5.41) is 4.54. The molecule has 1 aliphatic carbocycles. The minimum absolute atomic E-state index is 0.167. The molecule has 1 saturated heterocycles. The molecule has 172 valence electrons. The molecule has 2 N–H and O–H groups in total. The second kappa shape index (κ2) is 10.0. The molecule has 6 heteroatoms. The number of nitrogens with zero attached hydrogens (tertiary/aromatic N) is 2. The second-order valence-electron chi connectivity index (χ2n) is 9.75. The van der Waals surface area contributed by atoms with Crippen LogP contribution in [0.15, 0.2) is 35.5 Å². The van der Waals surface area contributed by atoms with Crippen LogP contribution in [0.3, 0.4) is 0 Å². The molecule has 0 atom stereocenters. The Morgan fingerprint density at radius 2 is 1.91 bits per heavy atom. The molecule has 0 radical (unpaired) electrons. The van der Waals surface area contributed by atoms with E-state index in [0.29, 0.717) is 5.92 Å². The summed E-state index contributed by atoms with van der Waals surface area (Å²) in [5.41, 5.74) is 2.23. The highest BCUT2D eigenvalue weighted by molar-refractivity contribution is 7.97. The Bertz CT molecular complexity index is 954. The number of carbonyl (C=O) groups excluding carboxylic acids is 1. The maximum Gasteiger partial charge on any atom is 0.253 e. The van der Waals surface area contributed by atoms with Gasteiger partial charge in [-0.25, -0.2) is 0 Å². The molecule has 1 saturated carbocycles. The zero-order valence-electron chi connectivity index (χ0n) is 19.1. The first-order valence-corrected chi connectivity index (χ1v) is 13.5. The number of aromatic amines is 1. The summed E-state index contributed by atoms with van der Waals surface area (Å²) in [6, 6.07) is 8.75. The molecule has 1 aromatic heterocycles. The fourth-order valence-corrected chi connectivity index (χ4v) is 6.62. The van der Waals surface area contributed by atoms with Crippen LogP contribution in [-0.4, -0.2) is 45.4 Å². The van der Waals surface area contributed by atoms with Crippen LogP contribution < -0.4 is 5.32 Å². The zero-order valence-corrected chi connectivity index (χ0v) is 19.9. The third-order valence-electron chi connectivity index (χ3n) is 7.59.